The van der Waals surface area contributed by atoms with Gasteiger partial charge < -0.3 is 28.3 Å². The zero-order chi connectivity index (χ0) is 25.8. The molecule has 1 heterocycles. The molecule has 0 saturated carbocycles. The SMILES string of the molecule is CCOC(CCn1c(-c2ccc(OC)cc2)nc2ccc(OCCCCCC(=O)OC)cc21)OCC. The Morgan fingerprint density at radius 1 is 0.944 bits per heavy atom. The van der Waals surface area contributed by atoms with E-state index < -0.39 is 0 Å². The van der Waals surface area contributed by atoms with E-state index in [0.29, 0.717) is 39.2 Å². The summed E-state index contributed by atoms with van der Waals surface area (Å²) in [7, 11) is 3.08. The predicted molar refractivity (Wildman–Crippen MR) is 139 cm³/mol. The third-order valence-electron chi connectivity index (χ3n) is 5.88. The second kappa shape index (κ2) is 14.5. The largest absolute Gasteiger partial charge is 0.497 e. The molecule has 0 spiro atoms. The van der Waals surface area contributed by atoms with Crippen LogP contribution in [-0.2, 0) is 25.5 Å². The van der Waals surface area contributed by atoms with Crippen molar-refractivity contribution in [3.05, 3.63) is 42.5 Å². The molecule has 2 aromatic carbocycles. The maximum absolute atomic E-state index is 11.2. The molecule has 0 amide bonds. The summed E-state index contributed by atoms with van der Waals surface area (Å²) in [6.07, 6.45) is 3.45. The molecule has 0 fully saturated rings. The Hall–Kier alpha value is -3.10. The Morgan fingerprint density at radius 3 is 2.33 bits per heavy atom. The zero-order valence-electron chi connectivity index (χ0n) is 21.8. The Morgan fingerprint density at radius 2 is 1.67 bits per heavy atom. The van der Waals surface area contributed by atoms with Gasteiger partial charge in [-0.15, -0.1) is 0 Å². The predicted octanol–water partition coefficient (Wildman–Crippen LogP) is 5.61. The third-order valence-corrected chi connectivity index (χ3v) is 5.88. The molecule has 0 atom stereocenters. The quantitative estimate of drug-likeness (QED) is 0.144. The van der Waals surface area contributed by atoms with Crippen molar-refractivity contribution in [2.24, 2.45) is 0 Å². The highest BCUT2D eigenvalue weighted by Gasteiger charge is 2.16. The molecule has 0 radical (unpaired) electrons. The molecule has 36 heavy (non-hydrogen) atoms. The number of methoxy groups -OCH3 is 2. The number of fused-ring (bicyclic) bond motifs is 1. The van der Waals surface area contributed by atoms with Crippen LogP contribution < -0.4 is 9.47 Å². The van der Waals surface area contributed by atoms with Crippen molar-refractivity contribution in [3.8, 4) is 22.9 Å². The number of hydrogen-bond acceptors (Lipinski definition) is 7. The molecule has 8 nitrogen and oxygen atoms in total. The highest BCUT2D eigenvalue weighted by Crippen LogP contribution is 2.29. The first-order chi connectivity index (χ1) is 17.6. The molecule has 3 aromatic rings. The fraction of sp³-hybridized carbons (Fsp3) is 0.500. The number of aryl methyl sites for hydroxylation is 1. The maximum atomic E-state index is 11.2. The Bertz CT molecular complexity index is 1070. The summed E-state index contributed by atoms with van der Waals surface area (Å²) in [4.78, 5) is 16.2. The lowest BCUT2D eigenvalue weighted by molar-refractivity contribution is -0.141. The smallest absolute Gasteiger partial charge is 0.305 e. The molecule has 0 N–H and O–H groups in total. The van der Waals surface area contributed by atoms with Gasteiger partial charge in [0.2, 0.25) is 0 Å². The molecule has 3 rings (SSSR count). The standard InChI is InChI=1S/C28H38N2O6/c1-5-34-27(35-6-2)17-18-30-25-20-23(36-19-9-7-8-10-26(31)33-4)15-16-24(25)29-28(30)21-11-13-22(32-3)14-12-21/h11-16,20,27H,5-10,17-19H2,1-4H3. The minimum Gasteiger partial charge on any atom is -0.497 e. The van der Waals surface area contributed by atoms with Crippen molar-refractivity contribution >= 4 is 17.0 Å². The Balaban J connectivity index is 1.79. The van der Waals surface area contributed by atoms with Crippen LogP contribution in [-0.4, -0.2) is 55.9 Å². The minimum absolute atomic E-state index is 0.168. The number of aromatic nitrogens is 2. The Labute approximate surface area is 213 Å². The number of rotatable bonds is 16. The van der Waals surface area contributed by atoms with Gasteiger partial charge in [-0.1, -0.05) is 0 Å². The van der Waals surface area contributed by atoms with Gasteiger partial charge in [-0.2, -0.15) is 0 Å². The van der Waals surface area contributed by atoms with Crippen LogP contribution in [0.4, 0.5) is 0 Å². The first kappa shape index (κ1) is 27.5. The number of carbonyl (C=O) groups is 1. The number of esters is 1. The van der Waals surface area contributed by atoms with Gasteiger partial charge in [-0.05, 0) is 69.5 Å². The van der Waals surface area contributed by atoms with E-state index in [0.717, 1.165) is 53.2 Å². The number of hydrogen-bond donors (Lipinski definition) is 0. The van der Waals surface area contributed by atoms with E-state index in [1.165, 1.54) is 7.11 Å². The summed E-state index contributed by atoms with van der Waals surface area (Å²) < 4.78 is 29.8. The van der Waals surface area contributed by atoms with Crippen LogP contribution in [0, 0.1) is 0 Å². The molecule has 0 aliphatic carbocycles. The van der Waals surface area contributed by atoms with Gasteiger partial charge in [0.15, 0.2) is 6.29 Å². The third kappa shape index (κ3) is 7.70. The van der Waals surface area contributed by atoms with Crippen LogP contribution in [0.5, 0.6) is 11.5 Å². The van der Waals surface area contributed by atoms with E-state index in [1.54, 1.807) is 7.11 Å². The van der Waals surface area contributed by atoms with E-state index in [9.17, 15) is 4.79 Å². The molecule has 0 aliphatic heterocycles. The fourth-order valence-corrected chi connectivity index (χ4v) is 4.04. The van der Waals surface area contributed by atoms with Gasteiger partial charge in [0.25, 0.3) is 0 Å². The molecular formula is C28H38N2O6. The van der Waals surface area contributed by atoms with Gasteiger partial charge in [0.05, 0.1) is 31.9 Å². The zero-order valence-corrected chi connectivity index (χ0v) is 21.8. The molecule has 1 aromatic heterocycles. The van der Waals surface area contributed by atoms with Gasteiger partial charge in [-0.25, -0.2) is 4.98 Å². The van der Waals surface area contributed by atoms with Crippen molar-refractivity contribution in [1.82, 2.24) is 9.55 Å². The number of carbonyl (C=O) groups excluding carboxylic acids is 1. The molecule has 0 aliphatic rings. The van der Waals surface area contributed by atoms with Crippen LogP contribution in [0.15, 0.2) is 42.5 Å². The van der Waals surface area contributed by atoms with Gasteiger partial charge in [0, 0.05) is 44.2 Å². The number of benzene rings is 2. The highest BCUT2D eigenvalue weighted by atomic mass is 16.7. The lowest BCUT2D eigenvalue weighted by atomic mass is 10.2. The molecular weight excluding hydrogens is 460 g/mol. The maximum Gasteiger partial charge on any atom is 0.305 e. The lowest BCUT2D eigenvalue weighted by Crippen LogP contribution is -2.20. The van der Waals surface area contributed by atoms with E-state index in [1.807, 2.05) is 56.3 Å². The normalized spacial score (nSPS) is 11.2. The summed E-state index contributed by atoms with van der Waals surface area (Å²) in [5.41, 5.74) is 2.90. The number of imidazole rings is 1. The van der Waals surface area contributed by atoms with E-state index >= 15 is 0 Å². The fourth-order valence-electron chi connectivity index (χ4n) is 4.04. The van der Waals surface area contributed by atoms with Crippen LogP contribution >= 0.6 is 0 Å². The highest BCUT2D eigenvalue weighted by molar-refractivity contribution is 5.82. The van der Waals surface area contributed by atoms with Crippen molar-refractivity contribution in [1.29, 1.82) is 0 Å². The second-order valence-electron chi connectivity index (χ2n) is 8.33. The van der Waals surface area contributed by atoms with Crippen LogP contribution in [0.25, 0.3) is 22.4 Å². The van der Waals surface area contributed by atoms with E-state index in [-0.39, 0.29) is 12.3 Å². The topological polar surface area (TPSA) is 81.0 Å². The van der Waals surface area contributed by atoms with Crippen LogP contribution in [0.2, 0.25) is 0 Å². The molecule has 0 saturated heterocycles. The monoisotopic (exact) mass is 498 g/mol. The number of ether oxygens (including phenoxy) is 5. The van der Waals surface area contributed by atoms with Gasteiger partial charge in [0.1, 0.15) is 17.3 Å². The number of unbranched alkanes of at least 4 members (excludes halogenated alkanes) is 2. The average molecular weight is 499 g/mol. The van der Waals surface area contributed by atoms with Crippen molar-refractivity contribution in [2.75, 3.05) is 34.0 Å². The van der Waals surface area contributed by atoms with Crippen molar-refractivity contribution in [3.63, 3.8) is 0 Å². The first-order valence-electron chi connectivity index (χ1n) is 12.7. The summed E-state index contributed by atoms with van der Waals surface area (Å²) in [5, 5.41) is 0. The van der Waals surface area contributed by atoms with E-state index in [4.69, 9.17) is 23.9 Å². The molecule has 196 valence electrons. The lowest BCUT2D eigenvalue weighted by Gasteiger charge is -2.18. The molecule has 0 unspecified atom stereocenters. The minimum atomic E-state index is -0.273. The molecule has 0 bridgehead atoms. The average Bonchev–Trinajstić information content (AvgIpc) is 3.27. The van der Waals surface area contributed by atoms with E-state index in [2.05, 4.69) is 9.30 Å². The van der Waals surface area contributed by atoms with Crippen LogP contribution in [0.1, 0.15) is 46.0 Å². The summed E-state index contributed by atoms with van der Waals surface area (Å²) in [5.74, 6) is 2.30. The van der Waals surface area contributed by atoms with Crippen LogP contribution in [0.3, 0.4) is 0 Å². The van der Waals surface area contributed by atoms with Gasteiger partial charge in [-0.3, -0.25) is 4.79 Å². The van der Waals surface area contributed by atoms with Crippen molar-refractivity contribution in [2.45, 2.75) is 58.8 Å². The molecule has 8 heteroatoms. The van der Waals surface area contributed by atoms with Gasteiger partial charge >= 0.3 is 5.97 Å². The Kier molecular flexibility index (Phi) is 11.0. The summed E-state index contributed by atoms with van der Waals surface area (Å²) in [6, 6.07) is 13.9. The summed E-state index contributed by atoms with van der Waals surface area (Å²) >= 11 is 0. The number of nitrogens with zero attached hydrogens (tertiary/aromatic N) is 2. The second-order valence-corrected chi connectivity index (χ2v) is 8.33. The summed E-state index contributed by atoms with van der Waals surface area (Å²) in [6.45, 7) is 6.40. The first-order valence-corrected chi connectivity index (χ1v) is 12.7. The van der Waals surface area contributed by atoms with Crippen molar-refractivity contribution < 1.29 is 28.5 Å².